The molecule has 0 unspecified atom stereocenters. The van der Waals surface area contributed by atoms with Gasteiger partial charge in [-0.15, -0.1) is 0 Å². The lowest BCUT2D eigenvalue weighted by Gasteiger charge is -2.09. The van der Waals surface area contributed by atoms with Crippen LogP contribution in [0, 0.1) is 0 Å². The molecule has 0 radical (unpaired) electrons. The van der Waals surface area contributed by atoms with E-state index < -0.39 is 0 Å². The summed E-state index contributed by atoms with van der Waals surface area (Å²) in [5.41, 5.74) is 0. The number of hydrogen-bond donors (Lipinski definition) is 4. The first-order valence-electron chi connectivity index (χ1n) is 5.20. The Kier molecular flexibility index (Phi) is 13.6. The number of thiocarbonyl (C=S) groups is 1. The number of thioether (sulfide) groups is 2. The second-order valence-corrected chi connectivity index (χ2v) is 5.71. The van der Waals surface area contributed by atoms with Crippen LogP contribution in [0.4, 0.5) is 0 Å². The van der Waals surface area contributed by atoms with E-state index in [2.05, 4.69) is 10.6 Å². The molecule has 0 amide bonds. The molecule has 4 nitrogen and oxygen atoms in total. The average Bonchev–Trinajstić information content (AvgIpc) is 2.28. The van der Waals surface area contributed by atoms with Gasteiger partial charge >= 0.3 is 0 Å². The molecule has 0 fully saturated rings. The summed E-state index contributed by atoms with van der Waals surface area (Å²) < 4.78 is 0. The molecule has 0 aliphatic carbocycles. The van der Waals surface area contributed by atoms with Gasteiger partial charge in [0.2, 0.25) is 0 Å². The van der Waals surface area contributed by atoms with E-state index in [9.17, 15) is 0 Å². The maximum absolute atomic E-state index is 8.56. The van der Waals surface area contributed by atoms with Gasteiger partial charge in [-0.2, -0.15) is 23.5 Å². The summed E-state index contributed by atoms with van der Waals surface area (Å²) in [5, 5.41) is 24.0. The van der Waals surface area contributed by atoms with Crippen LogP contribution in [0.15, 0.2) is 0 Å². The number of hydrogen-bond acceptors (Lipinski definition) is 5. The number of rotatable bonds is 10. The molecule has 0 saturated heterocycles. The Morgan fingerprint density at radius 3 is 1.69 bits per heavy atom. The van der Waals surface area contributed by atoms with E-state index in [1.807, 2.05) is 0 Å². The van der Waals surface area contributed by atoms with Crippen LogP contribution in [-0.4, -0.2) is 64.6 Å². The highest BCUT2D eigenvalue weighted by molar-refractivity contribution is 7.99. The lowest BCUT2D eigenvalue weighted by molar-refractivity contribution is 0.322. The maximum atomic E-state index is 8.56. The SMILES string of the molecule is OCCSCCNC(=S)NCCSCCO. The van der Waals surface area contributed by atoms with Crippen molar-refractivity contribution in [2.75, 3.05) is 49.3 Å². The first-order valence-corrected chi connectivity index (χ1v) is 7.92. The molecular formula is C9H20N2O2S3. The molecule has 0 saturated carbocycles. The van der Waals surface area contributed by atoms with Gasteiger partial charge in [-0.3, -0.25) is 0 Å². The minimum Gasteiger partial charge on any atom is -0.396 e. The Bertz CT molecular complexity index is 157. The van der Waals surface area contributed by atoms with E-state index in [0.29, 0.717) is 5.11 Å². The van der Waals surface area contributed by atoms with Gasteiger partial charge in [-0.25, -0.2) is 0 Å². The van der Waals surface area contributed by atoms with Crippen LogP contribution in [0.5, 0.6) is 0 Å². The Labute approximate surface area is 111 Å². The van der Waals surface area contributed by atoms with Crippen molar-refractivity contribution in [1.29, 1.82) is 0 Å². The molecule has 0 aromatic heterocycles. The summed E-state index contributed by atoms with van der Waals surface area (Å²) in [6.45, 7) is 2.10. The summed E-state index contributed by atoms with van der Waals surface area (Å²) in [6, 6.07) is 0. The fourth-order valence-electron chi connectivity index (χ4n) is 0.869. The molecule has 4 N–H and O–H groups in total. The highest BCUT2D eigenvalue weighted by atomic mass is 32.2. The predicted octanol–water partition coefficient (Wildman–Crippen LogP) is -0.0985. The minimum atomic E-state index is 0.232. The zero-order valence-electron chi connectivity index (χ0n) is 9.28. The van der Waals surface area contributed by atoms with Crippen molar-refractivity contribution in [3.05, 3.63) is 0 Å². The van der Waals surface area contributed by atoms with Gasteiger partial charge in [0.25, 0.3) is 0 Å². The van der Waals surface area contributed by atoms with E-state index in [1.54, 1.807) is 23.5 Å². The van der Waals surface area contributed by atoms with Crippen molar-refractivity contribution in [2.24, 2.45) is 0 Å². The van der Waals surface area contributed by atoms with Crippen LogP contribution < -0.4 is 10.6 Å². The summed E-state index contributed by atoms with van der Waals surface area (Å²) in [4.78, 5) is 0. The zero-order chi connectivity index (χ0) is 12.1. The van der Waals surface area contributed by atoms with Crippen LogP contribution in [0.1, 0.15) is 0 Å². The Balaban J connectivity index is 3.12. The van der Waals surface area contributed by atoms with Crippen molar-refractivity contribution in [2.45, 2.75) is 0 Å². The number of nitrogens with one attached hydrogen (secondary N) is 2. The Morgan fingerprint density at radius 2 is 1.31 bits per heavy atom. The second-order valence-electron chi connectivity index (χ2n) is 2.85. The standard InChI is InChI=1S/C9H20N2O2S3/c12-3-7-15-5-1-10-9(14)11-2-6-16-8-4-13/h12-13H,1-8H2,(H2,10,11,14). The third kappa shape index (κ3) is 12.4. The molecule has 16 heavy (non-hydrogen) atoms. The van der Waals surface area contributed by atoms with Gasteiger partial charge in [0.15, 0.2) is 5.11 Å². The van der Waals surface area contributed by atoms with Crippen LogP contribution in [0.25, 0.3) is 0 Å². The van der Waals surface area contributed by atoms with E-state index >= 15 is 0 Å². The fraction of sp³-hybridized carbons (Fsp3) is 0.889. The van der Waals surface area contributed by atoms with Gasteiger partial charge in [-0.1, -0.05) is 0 Å². The van der Waals surface area contributed by atoms with E-state index in [-0.39, 0.29) is 13.2 Å². The molecule has 0 rings (SSSR count). The lowest BCUT2D eigenvalue weighted by Crippen LogP contribution is -2.37. The maximum Gasteiger partial charge on any atom is 0.166 e. The molecule has 96 valence electrons. The summed E-state index contributed by atoms with van der Waals surface area (Å²) in [5.74, 6) is 3.45. The largest absolute Gasteiger partial charge is 0.396 e. The monoisotopic (exact) mass is 284 g/mol. The normalized spacial score (nSPS) is 10.1. The molecular weight excluding hydrogens is 264 g/mol. The van der Waals surface area contributed by atoms with Crippen molar-refractivity contribution in [1.82, 2.24) is 10.6 Å². The third-order valence-corrected chi connectivity index (χ3v) is 3.75. The Hall–Kier alpha value is 0.310. The number of aliphatic hydroxyl groups excluding tert-OH is 2. The van der Waals surface area contributed by atoms with Crippen molar-refractivity contribution >= 4 is 40.9 Å². The fourth-order valence-corrected chi connectivity index (χ4v) is 2.23. The molecule has 7 heteroatoms. The predicted molar refractivity (Wildman–Crippen MR) is 77.4 cm³/mol. The van der Waals surface area contributed by atoms with Crippen LogP contribution in [0.3, 0.4) is 0 Å². The summed E-state index contributed by atoms with van der Waals surface area (Å²) in [6.07, 6.45) is 0. The van der Waals surface area contributed by atoms with Gasteiger partial charge < -0.3 is 20.8 Å². The molecule has 0 atom stereocenters. The smallest absolute Gasteiger partial charge is 0.166 e. The molecule has 0 spiro atoms. The number of aliphatic hydroxyl groups is 2. The van der Waals surface area contributed by atoms with Gasteiger partial charge in [0.1, 0.15) is 0 Å². The van der Waals surface area contributed by atoms with E-state index in [4.69, 9.17) is 22.4 Å². The van der Waals surface area contributed by atoms with E-state index in [0.717, 1.165) is 36.1 Å². The van der Waals surface area contributed by atoms with Crippen LogP contribution >= 0.6 is 35.7 Å². The summed E-state index contributed by atoms with van der Waals surface area (Å²) >= 11 is 8.47. The molecule has 0 heterocycles. The van der Waals surface area contributed by atoms with Crippen molar-refractivity contribution in [3.63, 3.8) is 0 Å². The van der Waals surface area contributed by atoms with Gasteiger partial charge in [-0.05, 0) is 12.2 Å². The quantitative estimate of drug-likeness (QED) is 0.330. The highest BCUT2D eigenvalue weighted by Crippen LogP contribution is 1.96. The van der Waals surface area contributed by atoms with Crippen molar-refractivity contribution in [3.8, 4) is 0 Å². The average molecular weight is 284 g/mol. The summed E-state index contributed by atoms with van der Waals surface area (Å²) in [7, 11) is 0. The third-order valence-electron chi connectivity index (χ3n) is 1.54. The van der Waals surface area contributed by atoms with Crippen molar-refractivity contribution < 1.29 is 10.2 Å². The lowest BCUT2D eigenvalue weighted by atomic mass is 10.7. The van der Waals surface area contributed by atoms with Gasteiger partial charge in [0, 0.05) is 36.1 Å². The topological polar surface area (TPSA) is 64.5 Å². The first kappa shape index (κ1) is 16.3. The van der Waals surface area contributed by atoms with Gasteiger partial charge in [0.05, 0.1) is 13.2 Å². The van der Waals surface area contributed by atoms with Crippen LogP contribution in [0.2, 0.25) is 0 Å². The first-order chi connectivity index (χ1) is 7.81. The minimum absolute atomic E-state index is 0.232. The molecule has 0 bridgehead atoms. The molecule has 0 aromatic carbocycles. The molecule has 0 aromatic rings. The molecule has 0 aliphatic rings. The van der Waals surface area contributed by atoms with E-state index in [1.165, 1.54) is 0 Å². The van der Waals surface area contributed by atoms with Crippen LogP contribution in [-0.2, 0) is 0 Å². The highest BCUT2D eigenvalue weighted by Gasteiger charge is 1.94. The second kappa shape index (κ2) is 13.4. The Morgan fingerprint density at radius 1 is 0.875 bits per heavy atom. The molecule has 0 aliphatic heterocycles. The zero-order valence-corrected chi connectivity index (χ0v) is 11.7.